The predicted octanol–water partition coefficient (Wildman–Crippen LogP) is 4.30. The number of nitrogens with two attached hydrogens (primary N) is 1. The molecule has 0 unspecified atom stereocenters. The summed E-state index contributed by atoms with van der Waals surface area (Å²) < 4.78 is 11.4. The van der Waals surface area contributed by atoms with Gasteiger partial charge in [0, 0.05) is 41.6 Å². The van der Waals surface area contributed by atoms with Crippen molar-refractivity contribution in [3.8, 4) is 11.3 Å². The van der Waals surface area contributed by atoms with Crippen LogP contribution in [-0.4, -0.2) is 55.8 Å². The molecular weight excluding hydrogens is 488 g/mol. The van der Waals surface area contributed by atoms with Gasteiger partial charge in [0.1, 0.15) is 0 Å². The van der Waals surface area contributed by atoms with Gasteiger partial charge in [-0.3, -0.25) is 9.59 Å². The van der Waals surface area contributed by atoms with E-state index in [0.29, 0.717) is 43.8 Å². The highest BCUT2D eigenvalue weighted by Crippen LogP contribution is 2.39. The molecule has 0 spiro atoms. The van der Waals surface area contributed by atoms with Crippen LogP contribution in [0.4, 0.5) is 10.8 Å². The fraction of sp³-hybridized carbons (Fsp3) is 0.607. The average molecular weight is 527 g/mol. The molecule has 3 N–H and O–H groups in total. The zero-order valence-corrected chi connectivity index (χ0v) is 22.5. The Balaban J connectivity index is 1.14. The first-order valence-electron chi connectivity index (χ1n) is 13.6. The van der Waals surface area contributed by atoms with Crippen LogP contribution in [0.2, 0.25) is 0 Å². The van der Waals surface area contributed by atoms with Crippen LogP contribution in [-0.2, 0) is 25.5 Å². The van der Waals surface area contributed by atoms with Gasteiger partial charge in [-0.2, -0.15) is 0 Å². The lowest BCUT2D eigenvalue weighted by Crippen LogP contribution is -2.30. The molecule has 2 amide bonds. The highest BCUT2D eigenvalue weighted by Gasteiger charge is 2.36. The van der Waals surface area contributed by atoms with E-state index in [-0.39, 0.29) is 23.8 Å². The number of thiazole rings is 1. The fourth-order valence-electron chi connectivity index (χ4n) is 5.52. The van der Waals surface area contributed by atoms with Crippen molar-refractivity contribution >= 4 is 34.0 Å². The Morgan fingerprint density at radius 2 is 2.05 bits per heavy atom. The Labute approximate surface area is 222 Å². The minimum atomic E-state index is 0.0143. The summed E-state index contributed by atoms with van der Waals surface area (Å²) in [4.78, 5) is 33.2. The fourth-order valence-corrected chi connectivity index (χ4v) is 6.37. The van der Waals surface area contributed by atoms with Gasteiger partial charge < -0.3 is 25.4 Å². The van der Waals surface area contributed by atoms with E-state index in [1.165, 1.54) is 16.9 Å². The number of aromatic nitrogens is 1. The molecule has 2 atom stereocenters. The molecule has 3 aliphatic rings. The first kappa shape index (κ1) is 26.3. The van der Waals surface area contributed by atoms with Gasteiger partial charge in [-0.1, -0.05) is 12.5 Å². The topological polar surface area (TPSA) is 107 Å². The summed E-state index contributed by atoms with van der Waals surface area (Å²) in [6.45, 7) is 5.02. The van der Waals surface area contributed by atoms with Crippen LogP contribution >= 0.6 is 11.3 Å². The number of hydrogen-bond donors (Lipinski definition) is 2. The third-order valence-corrected chi connectivity index (χ3v) is 8.42. The summed E-state index contributed by atoms with van der Waals surface area (Å²) in [5, 5.41) is 3.68. The van der Waals surface area contributed by atoms with Gasteiger partial charge in [0.2, 0.25) is 11.8 Å². The lowest BCUT2D eigenvalue weighted by Gasteiger charge is -2.28. The number of benzene rings is 1. The monoisotopic (exact) mass is 526 g/mol. The average Bonchev–Trinajstić information content (AvgIpc) is 3.56. The van der Waals surface area contributed by atoms with Crippen LogP contribution < -0.4 is 16.0 Å². The first-order chi connectivity index (χ1) is 18.0. The van der Waals surface area contributed by atoms with Crippen molar-refractivity contribution in [2.75, 3.05) is 43.1 Å². The Morgan fingerprint density at radius 1 is 1.19 bits per heavy atom. The van der Waals surface area contributed by atoms with Crippen molar-refractivity contribution in [3.05, 3.63) is 28.6 Å². The van der Waals surface area contributed by atoms with E-state index in [0.717, 1.165) is 73.3 Å². The second-order valence-electron chi connectivity index (χ2n) is 10.5. The third-order valence-electron chi connectivity index (χ3n) is 7.54. The number of rotatable bonds is 11. The molecule has 2 fully saturated rings. The summed E-state index contributed by atoms with van der Waals surface area (Å²) >= 11 is 1.51. The number of aryl methyl sites for hydroxylation is 1. The summed E-state index contributed by atoms with van der Waals surface area (Å²) in [5.41, 5.74) is 9.62. The zero-order valence-electron chi connectivity index (χ0n) is 21.7. The van der Waals surface area contributed by atoms with E-state index in [9.17, 15) is 9.59 Å². The Kier molecular flexibility index (Phi) is 8.54. The zero-order chi connectivity index (χ0) is 25.8. The minimum absolute atomic E-state index is 0.0143. The molecule has 1 aromatic heterocycles. The maximum atomic E-state index is 12.8. The van der Waals surface area contributed by atoms with Gasteiger partial charge in [-0.25, -0.2) is 4.98 Å². The number of carbonyl (C=O) groups is 2. The summed E-state index contributed by atoms with van der Waals surface area (Å²) in [5.74, 6) is 0.835. The number of nitrogens with zero attached hydrogens (tertiary/aromatic N) is 2. The van der Waals surface area contributed by atoms with Crippen LogP contribution in [0.1, 0.15) is 55.4 Å². The second-order valence-corrected chi connectivity index (χ2v) is 11.7. The quantitative estimate of drug-likeness (QED) is 0.423. The van der Waals surface area contributed by atoms with Crippen LogP contribution in [0.25, 0.3) is 11.3 Å². The first-order valence-corrected chi connectivity index (χ1v) is 14.4. The molecule has 2 saturated carbocycles. The number of carbonyl (C=O) groups excluding carboxylic acids is 2. The van der Waals surface area contributed by atoms with Crippen molar-refractivity contribution in [2.45, 2.75) is 64.4 Å². The molecule has 9 heteroatoms. The van der Waals surface area contributed by atoms with Crippen LogP contribution in [0.15, 0.2) is 18.2 Å². The second kappa shape index (κ2) is 12.0. The van der Waals surface area contributed by atoms with E-state index in [4.69, 9.17) is 20.2 Å². The number of hydrogen-bond acceptors (Lipinski definition) is 7. The van der Waals surface area contributed by atoms with Gasteiger partial charge in [-0.05, 0) is 69.1 Å². The van der Waals surface area contributed by atoms with Gasteiger partial charge in [0.15, 0.2) is 5.13 Å². The molecule has 37 heavy (non-hydrogen) atoms. The van der Waals surface area contributed by atoms with Crippen molar-refractivity contribution in [2.24, 2.45) is 17.6 Å². The molecule has 8 nitrogen and oxygen atoms in total. The van der Waals surface area contributed by atoms with Crippen molar-refractivity contribution in [1.82, 2.24) is 4.98 Å². The molecule has 200 valence electrons. The Hall–Kier alpha value is -2.33. The molecule has 5 rings (SSSR count). The Bertz CT molecular complexity index is 1120. The van der Waals surface area contributed by atoms with Crippen molar-refractivity contribution < 1.29 is 19.1 Å². The van der Waals surface area contributed by atoms with E-state index in [2.05, 4.69) is 17.4 Å². The maximum absolute atomic E-state index is 12.8. The molecular formula is C28H38N4O4S. The molecule has 2 aliphatic carbocycles. The normalized spacial score (nSPS) is 21.2. The maximum Gasteiger partial charge on any atom is 0.230 e. The SMILES string of the molecule is Cc1sc(NC(=O)C[C@@H]2CCC[C@@H](OCCOCCN)C2)nc1-c1ccc2c(c1)CCN2C(=O)C1CC1. The molecule has 0 saturated heterocycles. The van der Waals surface area contributed by atoms with Gasteiger partial charge >= 0.3 is 0 Å². The van der Waals surface area contributed by atoms with Crippen molar-refractivity contribution in [1.29, 1.82) is 0 Å². The summed E-state index contributed by atoms with van der Waals surface area (Å²) in [6, 6.07) is 6.27. The van der Waals surface area contributed by atoms with Crippen LogP contribution in [0, 0.1) is 18.8 Å². The number of amides is 2. The predicted molar refractivity (Wildman–Crippen MR) is 146 cm³/mol. The van der Waals surface area contributed by atoms with E-state index >= 15 is 0 Å². The molecule has 2 aromatic rings. The lowest BCUT2D eigenvalue weighted by atomic mass is 9.85. The Morgan fingerprint density at radius 3 is 2.86 bits per heavy atom. The largest absolute Gasteiger partial charge is 0.378 e. The standard InChI is InChI=1S/C28H38N4O4S/c1-18-26(22-7-8-24-21(17-22)9-11-32(24)27(34)20-5-6-20)31-28(37-18)30-25(33)16-19-3-2-4-23(15-19)36-14-13-35-12-10-29/h7-8,17,19-20,23H,2-6,9-16,29H2,1H3,(H,30,31,33)/t19-,23-/m1/s1. The number of nitrogens with one attached hydrogen (secondary N) is 1. The molecule has 2 heterocycles. The lowest BCUT2D eigenvalue weighted by molar-refractivity contribution is -0.120. The van der Waals surface area contributed by atoms with Crippen molar-refractivity contribution in [3.63, 3.8) is 0 Å². The van der Waals surface area contributed by atoms with Gasteiger partial charge in [0.25, 0.3) is 0 Å². The summed E-state index contributed by atoms with van der Waals surface area (Å²) in [7, 11) is 0. The summed E-state index contributed by atoms with van der Waals surface area (Å²) in [6.07, 6.45) is 7.67. The van der Waals surface area contributed by atoms with E-state index in [1.54, 1.807) is 0 Å². The number of ether oxygens (including phenoxy) is 2. The molecule has 1 aliphatic heterocycles. The van der Waals surface area contributed by atoms with Gasteiger partial charge in [0.05, 0.1) is 31.6 Å². The van der Waals surface area contributed by atoms with E-state index in [1.807, 2.05) is 17.9 Å². The molecule has 0 bridgehead atoms. The van der Waals surface area contributed by atoms with E-state index < -0.39 is 0 Å². The number of anilines is 2. The van der Waals surface area contributed by atoms with Crippen LogP contribution in [0.3, 0.4) is 0 Å². The number of fused-ring (bicyclic) bond motifs is 1. The highest BCUT2D eigenvalue weighted by molar-refractivity contribution is 7.16. The van der Waals surface area contributed by atoms with Gasteiger partial charge in [-0.15, -0.1) is 11.3 Å². The third kappa shape index (κ3) is 6.57. The van der Waals surface area contributed by atoms with Crippen LogP contribution in [0.5, 0.6) is 0 Å². The molecule has 0 radical (unpaired) electrons. The molecule has 1 aromatic carbocycles. The minimum Gasteiger partial charge on any atom is -0.378 e. The highest BCUT2D eigenvalue weighted by atomic mass is 32.1. The smallest absolute Gasteiger partial charge is 0.230 e.